The van der Waals surface area contributed by atoms with Gasteiger partial charge < -0.3 is 4.90 Å². The molecule has 0 amide bonds. The molecular formula is C10H8N4S. The average Bonchev–Trinajstić information content (AvgIpc) is 2.81. The molecule has 1 heterocycles. The van der Waals surface area contributed by atoms with Gasteiger partial charge in [-0.3, -0.25) is 0 Å². The third kappa shape index (κ3) is 1.95. The SMILES string of the molecule is CN(c1cccc(C#N)c1)c1ncns1. The molecule has 2 rings (SSSR count). The predicted molar refractivity (Wildman–Crippen MR) is 59.1 cm³/mol. The topological polar surface area (TPSA) is 52.8 Å². The van der Waals surface area contributed by atoms with Crippen molar-refractivity contribution in [1.82, 2.24) is 9.36 Å². The van der Waals surface area contributed by atoms with E-state index in [0.29, 0.717) is 5.56 Å². The van der Waals surface area contributed by atoms with Crippen LogP contribution < -0.4 is 4.90 Å². The van der Waals surface area contributed by atoms with Crippen molar-refractivity contribution in [2.45, 2.75) is 0 Å². The van der Waals surface area contributed by atoms with Gasteiger partial charge in [0, 0.05) is 24.3 Å². The molecule has 0 fully saturated rings. The van der Waals surface area contributed by atoms with Crippen molar-refractivity contribution in [3.8, 4) is 6.07 Å². The fourth-order valence-electron chi connectivity index (χ4n) is 1.21. The fourth-order valence-corrected chi connectivity index (χ4v) is 1.72. The molecule has 4 nitrogen and oxygen atoms in total. The van der Waals surface area contributed by atoms with Crippen LogP contribution in [0, 0.1) is 11.3 Å². The molecule has 0 atom stereocenters. The van der Waals surface area contributed by atoms with Gasteiger partial charge >= 0.3 is 0 Å². The minimum absolute atomic E-state index is 0.642. The van der Waals surface area contributed by atoms with E-state index in [9.17, 15) is 0 Å². The zero-order chi connectivity index (χ0) is 10.7. The first kappa shape index (κ1) is 9.62. The molecule has 0 spiro atoms. The summed E-state index contributed by atoms with van der Waals surface area (Å²) in [7, 11) is 1.90. The highest BCUT2D eigenvalue weighted by Gasteiger charge is 2.06. The van der Waals surface area contributed by atoms with Crippen LogP contribution in [0.1, 0.15) is 5.56 Å². The minimum atomic E-state index is 0.642. The molecule has 1 aromatic carbocycles. The van der Waals surface area contributed by atoms with Crippen molar-refractivity contribution in [2.75, 3.05) is 11.9 Å². The van der Waals surface area contributed by atoms with E-state index < -0.39 is 0 Å². The Balaban J connectivity index is 2.34. The van der Waals surface area contributed by atoms with Crippen LogP contribution >= 0.6 is 11.5 Å². The fraction of sp³-hybridized carbons (Fsp3) is 0.100. The number of anilines is 2. The highest BCUT2D eigenvalue weighted by molar-refractivity contribution is 7.09. The van der Waals surface area contributed by atoms with E-state index in [-0.39, 0.29) is 0 Å². The molecule has 0 radical (unpaired) electrons. The molecule has 5 heteroatoms. The molecule has 74 valence electrons. The van der Waals surface area contributed by atoms with Gasteiger partial charge in [-0.25, -0.2) is 4.98 Å². The highest BCUT2D eigenvalue weighted by Crippen LogP contribution is 2.24. The van der Waals surface area contributed by atoms with Gasteiger partial charge in [0.25, 0.3) is 0 Å². The number of hydrogen-bond donors (Lipinski definition) is 0. The summed E-state index contributed by atoms with van der Waals surface area (Å²) in [4.78, 5) is 6.00. The maximum absolute atomic E-state index is 8.78. The summed E-state index contributed by atoms with van der Waals surface area (Å²) < 4.78 is 3.94. The quantitative estimate of drug-likeness (QED) is 0.772. The Morgan fingerprint density at radius 1 is 1.47 bits per heavy atom. The summed E-state index contributed by atoms with van der Waals surface area (Å²) in [5.41, 5.74) is 1.58. The standard InChI is InChI=1S/C10H8N4S/c1-14(10-12-7-13-15-10)9-4-2-3-8(5-9)6-11/h2-5,7H,1H3. The third-order valence-electron chi connectivity index (χ3n) is 2.00. The molecule has 0 saturated heterocycles. The second kappa shape index (κ2) is 4.07. The average molecular weight is 216 g/mol. The molecule has 0 unspecified atom stereocenters. The summed E-state index contributed by atoms with van der Waals surface area (Å²) >= 11 is 1.32. The van der Waals surface area contributed by atoms with Gasteiger partial charge in [-0.05, 0) is 18.2 Å². The Bertz CT molecular complexity index is 486. The number of hydrogen-bond acceptors (Lipinski definition) is 5. The van der Waals surface area contributed by atoms with Crippen LogP contribution in [0.3, 0.4) is 0 Å². The molecule has 0 N–H and O–H groups in total. The first-order chi connectivity index (χ1) is 7.31. The van der Waals surface area contributed by atoms with E-state index in [0.717, 1.165) is 10.8 Å². The van der Waals surface area contributed by atoms with Crippen LogP contribution in [0.15, 0.2) is 30.6 Å². The zero-order valence-electron chi connectivity index (χ0n) is 8.08. The lowest BCUT2D eigenvalue weighted by atomic mass is 10.2. The predicted octanol–water partition coefficient (Wildman–Crippen LogP) is 2.18. The van der Waals surface area contributed by atoms with Crippen molar-refractivity contribution in [1.29, 1.82) is 5.26 Å². The third-order valence-corrected chi connectivity index (χ3v) is 2.74. The van der Waals surface area contributed by atoms with Crippen LogP contribution in [0.25, 0.3) is 0 Å². The number of aromatic nitrogens is 2. The summed E-state index contributed by atoms with van der Waals surface area (Å²) in [6.45, 7) is 0. The van der Waals surface area contributed by atoms with E-state index >= 15 is 0 Å². The van der Waals surface area contributed by atoms with Crippen LogP contribution in [-0.2, 0) is 0 Å². The van der Waals surface area contributed by atoms with Gasteiger partial charge in [0.05, 0.1) is 11.6 Å². The van der Waals surface area contributed by atoms with E-state index in [1.807, 2.05) is 30.1 Å². The highest BCUT2D eigenvalue weighted by atomic mass is 32.1. The van der Waals surface area contributed by atoms with Crippen LogP contribution in [0.2, 0.25) is 0 Å². The maximum Gasteiger partial charge on any atom is 0.209 e. The van der Waals surface area contributed by atoms with Crippen molar-refractivity contribution in [3.63, 3.8) is 0 Å². The van der Waals surface area contributed by atoms with Crippen molar-refractivity contribution >= 4 is 22.4 Å². The minimum Gasteiger partial charge on any atom is -0.320 e. The lowest BCUT2D eigenvalue weighted by Crippen LogP contribution is -2.08. The van der Waals surface area contributed by atoms with Gasteiger partial charge in [0.15, 0.2) is 0 Å². The molecule has 15 heavy (non-hydrogen) atoms. The van der Waals surface area contributed by atoms with Gasteiger partial charge in [-0.2, -0.15) is 9.64 Å². The van der Waals surface area contributed by atoms with Crippen LogP contribution in [0.4, 0.5) is 10.8 Å². The Labute approximate surface area is 91.6 Å². The van der Waals surface area contributed by atoms with Crippen molar-refractivity contribution in [3.05, 3.63) is 36.2 Å². The largest absolute Gasteiger partial charge is 0.320 e. The Morgan fingerprint density at radius 2 is 2.33 bits per heavy atom. The normalized spacial score (nSPS) is 9.60. The monoisotopic (exact) mass is 216 g/mol. The Hall–Kier alpha value is -1.93. The second-order valence-electron chi connectivity index (χ2n) is 2.94. The summed E-state index contributed by atoms with van der Waals surface area (Å²) in [5.74, 6) is 0. The molecule has 1 aromatic heterocycles. The van der Waals surface area contributed by atoms with Gasteiger partial charge in [-0.1, -0.05) is 6.07 Å². The van der Waals surface area contributed by atoms with Gasteiger partial charge in [0.2, 0.25) is 5.13 Å². The molecule has 0 aliphatic rings. The molecule has 2 aromatic rings. The van der Waals surface area contributed by atoms with Crippen LogP contribution in [-0.4, -0.2) is 16.4 Å². The first-order valence-corrected chi connectivity index (χ1v) is 5.09. The van der Waals surface area contributed by atoms with E-state index in [4.69, 9.17) is 5.26 Å². The number of benzene rings is 1. The van der Waals surface area contributed by atoms with Crippen molar-refractivity contribution in [2.24, 2.45) is 0 Å². The van der Waals surface area contributed by atoms with E-state index in [1.54, 1.807) is 6.07 Å². The summed E-state index contributed by atoms with van der Waals surface area (Å²) in [6.07, 6.45) is 1.52. The molecular weight excluding hydrogens is 208 g/mol. The van der Waals surface area contributed by atoms with Gasteiger partial charge in [-0.15, -0.1) is 0 Å². The van der Waals surface area contributed by atoms with E-state index in [1.165, 1.54) is 17.9 Å². The number of rotatable bonds is 2. The second-order valence-corrected chi connectivity index (χ2v) is 3.70. The lowest BCUT2D eigenvalue weighted by Gasteiger charge is -2.14. The zero-order valence-corrected chi connectivity index (χ0v) is 8.90. The number of nitriles is 1. The molecule has 0 aliphatic carbocycles. The van der Waals surface area contributed by atoms with E-state index in [2.05, 4.69) is 15.4 Å². The molecule has 0 saturated carbocycles. The van der Waals surface area contributed by atoms with Crippen molar-refractivity contribution < 1.29 is 0 Å². The first-order valence-electron chi connectivity index (χ1n) is 4.32. The van der Waals surface area contributed by atoms with Gasteiger partial charge in [0.1, 0.15) is 6.33 Å². The smallest absolute Gasteiger partial charge is 0.209 e. The summed E-state index contributed by atoms with van der Waals surface area (Å²) in [6, 6.07) is 9.49. The molecule has 0 aliphatic heterocycles. The maximum atomic E-state index is 8.78. The Morgan fingerprint density at radius 3 is 3.00 bits per heavy atom. The summed E-state index contributed by atoms with van der Waals surface area (Å²) in [5, 5.41) is 9.59. The number of nitrogens with zero attached hydrogens (tertiary/aromatic N) is 4. The lowest BCUT2D eigenvalue weighted by molar-refractivity contribution is 1.16. The van der Waals surface area contributed by atoms with Crippen LogP contribution in [0.5, 0.6) is 0 Å². The Kier molecular flexibility index (Phi) is 2.61. The molecule has 0 bridgehead atoms.